The zero-order valence-corrected chi connectivity index (χ0v) is 11.5. The Bertz CT molecular complexity index is 905. The number of hydrazone groups is 1. The number of hydrogen-bond acceptors (Lipinski definition) is 3. The number of H-pyrrole nitrogens is 1. The standard InChI is InChI=1S/C17H11N3O2/c21-16-13-6-1-2-7-14(13)17(22)20(16)19-10-11-9-18-15-8-4-3-5-12(11)15/h1-10,18H. The number of nitrogens with zero attached hydrogens (tertiary/aromatic N) is 2. The summed E-state index contributed by atoms with van der Waals surface area (Å²) in [6.45, 7) is 0. The second-order valence-electron chi connectivity index (χ2n) is 5.00. The van der Waals surface area contributed by atoms with Crippen LogP contribution in [0, 0.1) is 0 Å². The van der Waals surface area contributed by atoms with E-state index in [0.717, 1.165) is 21.5 Å². The topological polar surface area (TPSA) is 65.5 Å². The molecule has 2 aromatic carbocycles. The molecule has 5 heteroatoms. The van der Waals surface area contributed by atoms with Gasteiger partial charge in [-0.05, 0) is 18.2 Å². The Morgan fingerprint density at radius 1 is 0.909 bits per heavy atom. The molecule has 5 nitrogen and oxygen atoms in total. The fraction of sp³-hybridized carbons (Fsp3) is 0. The number of rotatable bonds is 2. The number of hydrogen-bond donors (Lipinski definition) is 1. The second kappa shape index (κ2) is 4.66. The summed E-state index contributed by atoms with van der Waals surface area (Å²) in [5, 5.41) is 5.98. The fourth-order valence-corrected chi connectivity index (χ4v) is 2.60. The normalized spacial score (nSPS) is 14.3. The zero-order valence-electron chi connectivity index (χ0n) is 11.5. The van der Waals surface area contributed by atoms with Crippen molar-refractivity contribution in [2.24, 2.45) is 5.10 Å². The molecule has 1 aliphatic rings. The molecular weight excluding hydrogens is 278 g/mol. The Hall–Kier alpha value is -3.21. The third-order valence-electron chi connectivity index (χ3n) is 3.71. The SMILES string of the molecule is O=C1c2ccccc2C(=O)N1N=Cc1c[nH]c2ccccc12. The molecule has 0 atom stereocenters. The van der Waals surface area contributed by atoms with Crippen molar-refractivity contribution in [1.29, 1.82) is 0 Å². The lowest BCUT2D eigenvalue weighted by atomic mass is 10.1. The predicted molar refractivity (Wildman–Crippen MR) is 82.8 cm³/mol. The summed E-state index contributed by atoms with van der Waals surface area (Å²) in [6.07, 6.45) is 3.33. The first-order valence-electron chi connectivity index (χ1n) is 6.83. The number of amides is 2. The van der Waals surface area contributed by atoms with Crippen molar-refractivity contribution in [2.75, 3.05) is 0 Å². The molecule has 4 rings (SSSR count). The summed E-state index contributed by atoms with van der Waals surface area (Å²) >= 11 is 0. The van der Waals surface area contributed by atoms with Crippen LogP contribution >= 0.6 is 0 Å². The molecule has 2 amide bonds. The van der Waals surface area contributed by atoms with Crippen LogP contribution in [0.3, 0.4) is 0 Å². The van der Waals surface area contributed by atoms with Crippen molar-refractivity contribution in [3.63, 3.8) is 0 Å². The molecule has 0 unspecified atom stereocenters. The number of para-hydroxylation sites is 1. The lowest BCUT2D eigenvalue weighted by Gasteiger charge is -2.04. The minimum absolute atomic E-state index is 0.392. The molecule has 1 N–H and O–H groups in total. The van der Waals surface area contributed by atoms with Gasteiger partial charge in [-0.2, -0.15) is 10.1 Å². The van der Waals surface area contributed by atoms with Gasteiger partial charge in [-0.3, -0.25) is 9.59 Å². The van der Waals surface area contributed by atoms with E-state index in [-0.39, 0.29) is 0 Å². The average molecular weight is 289 g/mol. The number of benzene rings is 2. The molecular formula is C17H11N3O2. The number of nitrogens with one attached hydrogen (secondary N) is 1. The van der Waals surface area contributed by atoms with Crippen LogP contribution in [-0.2, 0) is 0 Å². The monoisotopic (exact) mass is 289 g/mol. The zero-order chi connectivity index (χ0) is 15.1. The summed E-state index contributed by atoms with van der Waals surface area (Å²) in [5.74, 6) is -0.784. The van der Waals surface area contributed by atoms with Crippen LogP contribution in [-0.4, -0.2) is 28.0 Å². The molecule has 0 fully saturated rings. The van der Waals surface area contributed by atoms with Gasteiger partial charge in [0.2, 0.25) is 0 Å². The highest BCUT2D eigenvalue weighted by Crippen LogP contribution is 2.23. The van der Waals surface area contributed by atoms with Crippen molar-refractivity contribution in [3.05, 3.63) is 71.4 Å². The number of imide groups is 1. The van der Waals surface area contributed by atoms with Gasteiger partial charge in [-0.1, -0.05) is 30.3 Å². The maximum atomic E-state index is 12.2. The van der Waals surface area contributed by atoms with Gasteiger partial charge >= 0.3 is 0 Å². The van der Waals surface area contributed by atoms with Crippen molar-refractivity contribution in [3.8, 4) is 0 Å². The van der Waals surface area contributed by atoms with Crippen LogP contribution in [0.5, 0.6) is 0 Å². The summed E-state index contributed by atoms with van der Waals surface area (Å²) in [6, 6.07) is 14.5. The molecule has 0 aliphatic carbocycles. The first-order valence-corrected chi connectivity index (χ1v) is 6.83. The predicted octanol–water partition coefficient (Wildman–Crippen LogP) is 2.80. The minimum atomic E-state index is -0.392. The average Bonchev–Trinajstić information content (AvgIpc) is 3.07. The third kappa shape index (κ3) is 1.76. The largest absolute Gasteiger partial charge is 0.361 e. The van der Waals surface area contributed by atoms with Gasteiger partial charge in [-0.15, -0.1) is 0 Å². The Balaban J connectivity index is 1.70. The molecule has 0 spiro atoms. The van der Waals surface area contributed by atoms with Gasteiger partial charge in [0.1, 0.15) is 0 Å². The Morgan fingerprint density at radius 2 is 1.55 bits per heavy atom. The lowest BCUT2D eigenvalue weighted by Crippen LogP contribution is -2.23. The van der Waals surface area contributed by atoms with Crippen LogP contribution in [0.2, 0.25) is 0 Å². The smallest absolute Gasteiger partial charge is 0.282 e. The first-order chi connectivity index (χ1) is 10.8. The molecule has 2 heterocycles. The quantitative estimate of drug-likeness (QED) is 0.582. The number of carbonyl (C=O) groups is 2. The van der Waals surface area contributed by atoms with Crippen molar-refractivity contribution >= 4 is 28.9 Å². The van der Waals surface area contributed by atoms with Gasteiger partial charge in [-0.25, -0.2) is 0 Å². The molecule has 1 aromatic heterocycles. The summed E-state index contributed by atoms with van der Waals surface area (Å²) in [5.41, 5.74) is 2.59. The molecule has 0 radical (unpaired) electrons. The highest BCUT2D eigenvalue weighted by molar-refractivity contribution is 6.21. The highest BCUT2D eigenvalue weighted by atomic mass is 16.2. The fourth-order valence-electron chi connectivity index (χ4n) is 2.60. The van der Waals surface area contributed by atoms with Gasteiger partial charge in [0.15, 0.2) is 0 Å². The highest BCUT2D eigenvalue weighted by Gasteiger charge is 2.35. The van der Waals surface area contributed by atoms with Crippen molar-refractivity contribution in [1.82, 2.24) is 9.99 Å². The van der Waals surface area contributed by atoms with E-state index in [4.69, 9.17) is 0 Å². The van der Waals surface area contributed by atoms with Gasteiger partial charge in [0, 0.05) is 22.7 Å². The van der Waals surface area contributed by atoms with E-state index in [1.54, 1.807) is 30.5 Å². The van der Waals surface area contributed by atoms with Crippen LogP contribution in [0.1, 0.15) is 26.3 Å². The molecule has 106 valence electrons. The second-order valence-corrected chi connectivity index (χ2v) is 5.00. The van der Waals surface area contributed by atoms with Gasteiger partial charge in [0.05, 0.1) is 17.3 Å². The van der Waals surface area contributed by atoms with Gasteiger partial charge < -0.3 is 4.98 Å². The minimum Gasteiger partial charge on any atom is -0.361 e. The maximum absolute atomic E-state index is 12.2. The maximum Gasteiger partial charge on any atom is 0.282 e. The third-order valence-corrected chi connectivity index (χ3v) is 3.71. The Labute approximate surface area is 125 Å². The molecule has 0 bridgehead atoms. The van der Waals surface area contributed by atoms with E-state index < -0.39 is 11.8 Å². The Morgan fingerprint density at radius 3 is 2.27 bits per heavy atom. The number of aromatic nitrogens is 1. The van der Waals surface area contributed by atoms with Crippen LogP contribution in [0.15, 0.2) is 59.8 Å². The molecule has 1 aliphatic heterocycles. The summed E-state index contributed by atoms with van der Waals surface area (Å²) in [4.78, 5) is 27.6. The van der Waals surface area contributed by atoms with Crippen LogP contribution in [0.25, 0.3) is 10.9 Å². The number of aromatic amines is 1. The van der Waals surface area contributed by atoms with E-state index >= 15 is 0 Å². The summed E-state index contributed by atoms with van der Waals surface area (Å²) in [7, 11) is 0. The van der Waals surface area contributed by atoms with E-state index in [0.29, 0.717) is 11.1 Å². The summed E-state index contributed by atoms with van der Waals surface area (Å²) < 4.78 is 0. The van der Waals surface area contributed by atoms with E-state index in [1.165, 1.54) is 6.21 Å². The van der Waals surface area contributed by atoms with Gasteiger partial charge in [0.25, 0.3) is 11.8 Å². The van der Waals surface area contributed by atoms with Crippen molar-refractivity contribution in [2.45, 2.75) is 0 Å². The molecule has 22 heavy (non-hydrogen) atoms. The number of carbonyl (C=O) groups excluding carboxylic acids is 2. The van der Waals surface area contributed by atoms with E-state index in [1.807, 2.05) is 24.3 Å². The first kappa shape index (κ1) is 12.5. The molecule has 0 saturated carbocycles. The Kier molecular flexibility index (Phi) is 2.66. The van der Waals surface area contributed by atoms with Crippen LogP contribution in [0.4, 0.5) is 0 Å². The van der Waals surface area contributed by atoms with E-state index in [2.05, 4.69) is 10.1 Å². The van der Waals surface area contributed by atoms with Crippen molar-refractivity contribution < 1.29 is 9.59 Å². The lowest BCUT2D eigenvalue weighted by molar-refractivity contribution is 0.0660. The molecule has 0 saturated heterocycles. The van der Waals surface area contributed by atoms with Crippen LogP contribution < -0.4 is 0 Å². The number of fused-ring (bicyclic) bond motifs is 2. The van der Waals surface area contributed by atoms with E-state index in [9.17, 15) is 9.59 Å². The molecule has 3 aromatic rings.